The lowest BCUT2D eigenvalue weighted by Gasteiger charge is -2.12. The number of ether oxygens (including phenoxy) is 2. The number of hydrogen-bond donors (Lipinski definition) is 1. The normalized spacial score (nSPS) is 12.5. The molecule has 3 nitrogen and oxygen atoms in total. The third-order valence-corrected chi connectivity index (χ3v) is 2.32. The van der Waals surface area contributed by atoms with Crippen molar-refractivity contribution in [2.24, 2.45) is 5.73 Å². The number of benzene rings is 1. The van der Waals surface area contributed by atoms with Gasteiger partial charge in [-0.25, -0.2) is 0 Å². The summed E-state index contributed by atoms with van der Waals surface area (Å²) in [6.07, 6.45) is 0.847. The minimum Gasteiger partial charge on any atom is -0.497 e. The molecular formula is C12H19NO2. The second-order valence-electron chi connectivity index (χ2n) is 3.37. The molecule has 3 heteroatoms. The first-order chi connectivity index (χ1) is 7.27. The largest absolute Gasteiger partial charge is 0.497 e. The van der Waals surface area contributed by atoms with Crippen molar-refractivity contribution in [3.63, 3.8) is 0 Å². The Hall–Kier alpha value is -1.06. The lowest BCUT2D eigenvalue weighted by atomic mass is 10.1. The maximum Gasteiger partial charge on any atom is 0.118 e. The molecular weight excluding hydrogens is 190 g/mol. The van der Waals surface area contributed by atoms with Gasteiger partial charge in [0.1, 0.15) is 5.75 Å². The maximum absolute atomic E-state index is 6.01. The van der Waals surface area contributed by atoms with Crippen LogP contribution in [0.1, 0.15) is 24.9 Å². The van der Waals surface area contributed by atoms with Crippen LogP contribution in [-0.4, -0.2) is 20.3 Å². The highest BCUT2D eigenvalue weighted by Crippen LogP contribution is 2.18. The molecule has 84 valence electrons. The molecule has 0 aliphatic heterocycles. The Kier molecular flexibility index (Phi) is 5.15. The van der Waals surface area contributed by atoms with Crippen molar-refractivity contribution in [1.82, 2.24) is 0 Å². The molecule has 0 aliphatic rings. The van der Waals surface area contributed by atoms with Crippen molar-refractivity contribution in [2.45, 2.75) is 19.4 Å². The van der Waals surface area contributed by atoms with Gasteiger partial charge in [0.2, 0.25) is 0 Å². The molecule has 1 atom stereocenters. The monoisotopic (exact) mass is 209 g/mol. The first kappa shape index (κ1) is 12.0. The summed E-state index contributed by atoms with van der Waals surface area (Å²) in [7, 11) is 1.66. The van der Waals surface area contributed by atoms with Crippen molar-refractivity contribution >= 4 is 0 Å². The zero-order chi connectivity index (χ0) is 11.1. The predicted molar refractivity (Wildman–Crippen MR) is 61.0 cm³/mol. The third kappa shape index (κ3) is 3.90. The smallest absolute Gasteiger partial charge is 0.118 e. The summed E-state index contributed by atoms with van der Waals surface area (Å²) in [6.45, 7) is 3.44. The Morgan fingerprint density at radius 2 is 1.93 bits per heavy atom. The number of rotatable bonds is 6. The fourth-order valence-electron chi connectivity index (χ4n) is 1.37. The molecule has 0 fully saturated rings. The molecule has 0 radical (unpaired) electrons. The Morgan fingerprint density at radius 3 is 2.47 bits per heavy atom. The van der Waals surface area contributed by atoms with Crippen LogP contribution in [0.4, 0.5) is 0 Å². The number of nitrogens with two attached hydrogens (primary N) is 1. The standard InChI is InChI=1S/C12H19NO2/c1-3-15-9-8-12(13)10-4-6-11(14-2)7-5-10/h4-7,12H,3,8-9,13H2,1-2H3. The first-order valence-electron chi connectivity index (χ1n) is 5.25. The Balaban J connectivity index is 2.46. The molecule has 0 aromatic heterocycles. The molecule has 0 spiro atoms. The van der Waals surface area contributed by atoms with Crippen LogP contribution in [0.15, 0.2) is 24.3 Å². The molecule has 0 saturated heterocycles. The minimum atomic E-state index is 0.0439. The summed E-state index contributed by atoms with van der Waals surface area (Å²) in [6, 6.07) is 7.89. The predicted octanol–water partition coefficient (Wildman–Crippen LogP) is 2.12. The van der Waals surface area contributed by atoms with Gasteiger partial charge in [0.25, 0.3) is 0 Å². The zero-order valence-electron chi connectivity index (χ0n) is 9.40. The number of methoxy groups -OCH3 is 1. The molecule has 0 bridgehead atoms. The highest BCUT2D eigenvalue weighted by atomic mass is 16.5. The molecule has 0 heterocycles. The van der Waals surface area contributed by atoms with E-state index in [1.54, 1.807) is 7.11 Å². The van der Waals surface area contributed by atoms with Gasteiger partial charge in [0.15, 0.2) is 0 Å². The second-order valence-corrected chi connectivity index (χ2v) is 3.37. The van der Waals surface area contributed by atoms with Crippen molar-refractivity contribution < 1.29 is 9.47 Å². The van der Waals surface area contributed by atoms with Crippen LogP contribution in [0.5, 0.6) is 5.75 Å². The maximum atomic E-state index is 6.01. The summed E-state index contributed by atoms with van der Waals surface area (Å²) in [5, 5.41) is 0. The summed E-state index contributed by atoms with van der Waals surface area (Å²) >= 11 is 0. The molecule has 0 amide bonds. The average Bonchev–Trinajstić information content (AvgIpc) is 2.29. The van der Waals surface area contributed by atoms with Crippen LogP contribution in [0.25, 0.3) is 0 Å². The van der Waals surface area contributed by atoms with Crippen molar-refractivity contribution in [3.8, 4) is 5.75 Å². The van der Waals surface area contributed by atoms with Crippen LogP contribution >= 0.6 is 0 Å². The minimum absolute atomic E-state index is 0.0439. The second kappa shape index (κ2) is 6.43. The van der Waals surface area contributed by atoms with E-state index in [0.29, 0.717) is 6.61 Å². The van der Waals surface area contributed by atoms with Crippen LogP contribution in [0, 0.1) is 0 Å². The lowest BCUT2D eigenvalue weighted by Crippen LogP contribution is -2.13. The van der Waals surface area contributed by atoms with Crippen molar-refractivity contribution in [2.75, 3.05) is 20.3 Å². The molecule has 0 aliphatic carbocycles. The first-order valence-corrected chi connectivity index (χ1v) is 5.25. The Morgan fingerprint density at radius 1 is 1.27 bits per heavy atom. The van der Waals surface area contributed by atoms with E-state index in [-0.39, 0.29) is 6.04 Å². The third-order valence-electron chi connectivity index (χ3n) is 2.32. The summed E-state index contributed by atoms with van der Waals surface area (Å²) in [4.78, 5) is 0. The quantitative estimate of drug-likeness (QED) is 0.730. The van der Waals surface area contributed by atoms with E-state index in [0.717, 1.165) is 24.3 Å². The highest BCUT2D eigenvalue weighted by Gasteiger charge is 2.05. The van der Waals surface area contributed by atoms with Crippen LogP contribution in [0.3, 0.4) is 0 Å². The summed E-state index contributed by atoms with van der Waals surface area (Å²) in [5.74, 6) is 0.857. The van der Waals surface area contributed by atoms with E-state index < -0.39 is 0 Å². The van der Waals surface area contributed by atoms with Crippen LogP contribution < -0.4 is 10.5 Å². The van der Waals surface area contributed by atoms with E-state index in [1.165, 1.54) is 0 Å². The SMILES string of the molecule is CCOCCC(N)c1ccc(OC)cc1. The van der Waals surface area contributed by atoms with Gasteiger partial charge in [-0.1, -0.05) is 12.1 Å². The Labute approximate surface area is 91.2 Å². The topological polar surface area (TPSA) is 44.5 Å². The summed E-state index contributed by atoms with van der Waals surface area (Å²) < 4.78 is 10.3. The van der Waals surface area contributed by atoms with Gasteiger partial charge < -0.3 is 15.2 Å². The lowest BCUT2D eigenvalue weighted by molar-refractivity contribution is 0.140. The van der Waals surface area contributed by atoms with Gasteiger partial charge in [0.05, 0.1) is 7.11 Å². The molecule has 1 rings (SSSR count). The molecule has 1 aromatic rings. The van der Waals surface area contributed by atoms with Crippen LogP contribution in [-0.2, 0) is 4.74 Å². The van der Waals surface area contributed by atoms with Gasteiger partial charge in [-0.3, -0.25) is 0 Å². The van der Waals surface area contributed by atoms with Gasteiger partial charge in [-0.15, -0.1) is 0 Å². The fraction of sp³-hybridized carbons (Fsp3) is 0.500. The highest BCUT2D eigenvalue weighted by molar-refractivity contribution is 5.28. The van der Waals surface area contributed by atoms with E-state index in [1.807, 2.05) is 31.2 Å². The molecule has 15 heavy (non-hydrogen) atoms. The molecule has 1 aromatic carbocycles. The number of hydrogen-bond acceptors (Lipinski definition) is 3. The van der Waals surface area contributed by atoms with E-state index in [2.05, 4.69) is 0 Å². The van der Waals surface area contributed by atoms with Gasteiger partial charge in [0, 0.05) is 19.3 Å². The Bertz CT molecular complexity index is 271. The van der Waals surface area contributed by atoms with E-state index in [4.69, 9.17) is 15.2 Å². The van der Waals surface area contributed by atoms with Gasteiger partial charge in [-0.2, -0.15) is 0 Å². The van der Waals surface area contributed by atoms with Crippen molar-refractivity contribution in [1.29, 1.82) is 0 Å². The van der Waals surface area contributed by atoms with E-state index in [9.17, 15) is 0 Å². The molecule has 0 saturated carbocycles. The molecule has 2 N–H and O–H groups in total. The average molecular weight is 209 g/mol. The van der Waals surface area contributed by atoms with Crippen LogP contribution in [0.2, 0.25) is 0 Å². The van der Waals surface area contributed by atoms with Gasteiger partial charge in [-0.05, 0) is 31.0 Å². The zero-order valence-corrected chi connectivity index (χ0v) is 9.40. The van der Waals surface area contributed by atoms with Gasteiger partial charge >= 0.3 is 0 Å². The summed E-state index contributed by atoms with van der Waals surface area (Å²) in [5.41, 5.74) is 7.13. The van der Waals surface area contributed by atoms with E-state index >= 15 is 0 Å². The molecule has 1 unspecified atom stereocenters. The van der Waals surface area contributed by atoms with Crippen molar-refractivity contribution in [3.05, 3.63) is 29.8 Å². The fourth-order valence-corrected chi connectivity index (χ4v) is 1.37.